The number of hydrogen-bond donors (Lipinski definition) is 0. The minimum Gasteiger partial charge on any atom is -1.00 e. The zero-order valence-electron chi connectivity index (χ0n) is 13.2. The van der Waals surface area contributed by atoms with E-state index in [1.807, 2.05) is 0 Å². The molecule has 0 spiro atoms. The molecule has 1 aromatic rings. The van der Waals surface area contributed by atoms with Gasteiger partial charge in [0.2, 0.25) is 0 Å². The maximum absolute atomic E-state index is 2.47. The van der Waals surface area contributed by atoms with Crippen LogP contribution in [-0.2, 0) is 23.2 Å². The molecule has 3 heteroatoms. The van der Waals surface area contributed by atoms with Crippen molar-refractivity contribution in [2.45, 2.75) is 27.2 Å². The van der Waals surface area contributed by atoms with Crippen LogP contribution in [-0.4, -0.2) is 0 Å². The Morgan fingerprint density at radius 2 is 1.73 bits per heavy atom. The fraction of sp³-hybridized carbons (Fsp3) is 0.263. The molecule has 1 unspecified atom stereocenters. The average molecular weight is 410 g/mol. The summed E-state index contributed by atoms with van der Waals surface area (Å²) in [5, 5.41) is 0. The molecule has 2 aliphatic carbocycles. The van der Waals surface area contributed by atoms with Gasteiger partial charge in [0.05, 0.1) is 0 Å². The number of benzene rings is 1. The zero-order valence-corrected chi connectivity index (χ0v) is 17.1. The van der Waals surface area contributed by atoms with Gasteiger partial charge in [-0.25, -0.2) is 0 Å². The monoisotopic (exact) mass is 408 g/mol. The molecule has 1 aromatic carbocycles. The van der Waals surface area contributed by atoms with E-state index in [9.17, 15) is 0 Å². The van der Waals surface area contributed by atoms with Crippen LogP contribution in [0.4, 0.5) is 0 Å². The predicted molar refractivity (Wildman–Crippen MR) is 82.7 cm³/mol. The molecule has 0 saturated heterocycles. The van der Waals surface area contributed by atoms with Gasteiger partial charge in [-0.15, -0.1) is 0 Å². The summed E-state index contributed by atoms with van der Waals surface area (Å²) in [7, 11) is 0. The third-order valence-electron chi connectivity index (χ3n) is 4.11. The number of allylic oxidation sites excluding steroid dienone is 8. The Bertz CT molecular complexity index is 651. The second-order valence-corrected chi connectivity index (χ2v) is 9.24. The Morgan fingerprint density at radius 3 is 2.32 bits per heavy atom. The van der Waals surface area contributed by atoms with Crippen LogP contribution in [0.15, 0.2) is 66.3 Å². The molecule has 0 N–H and O–H groups in total. The van der Waals surface area contributed by atoms with Gasteiger partial charge in [0.15, 0.2) is 0 Å². The molecule has 0 nitrogen and oxygen atoms in total. The maximum Gasteiger partial charge on any atom is -1.00 e. The summed E-state index contributed by atoms with van der Waals surface area (Å²) in [6, 6.07) is 10.8. The molecular formula is C19H20Cl2Zr. The quantitative estimate of drug-likeness (QED) is 0.620. The normalized spacial score (nSPS) is 19.6. The third kappa shape index (κ3) is 4.13. The summed E-state index contributed by atoms with van der Waals surface area (Å²) < 4.78 is 3.50. The molecule has 3 rings (SSSR count). The first-order valence-corrected chi connectivity index (χ1v) is 9.73. The van der Waals surface area contributed by atoms with Crippen molar-refractivity contribution in [2.24, 2.45) is 5.92 Å². The molecule has 0 saturated carbocycles. The van der Waals surface area contributed by atoms with Crippen molar-refractivity contribution in [1.82, 2.24) is 0 Å². The fourth-order valence-electron chi connectivity index (χ4n) is 3.01. The molecule has 22 heavy (non-hydrogen) atoms. The minimum atomic E-state index is -0.575. The summed E-state index contributed by atoms with van der Waals surface area (Å²) in [4.78, 5) is 0. The topological polar surface area (TPSA) is 0 Å². The van der Waals surface area contributed by atoms with Crippen molar-refractivity contribution >= 4 is 5.57 Å². The van der Waals surface area contributed by atoms with Crippen LogP contribution >= 0.6 is 0 Å². The Kier molecular flexibility index (Phi) is 7.59. The van der Waals surface area contributed by atoms with Crippen LogP contribution in [0, 0.1) is 5.92 Å². The van der Waals surface area contributed by atoms with E-state index in [1.54, 1.807) is 12.1 Å². The SMILES string of the molecule is CC1=CC[C]([Zr+2][C]2=C(C)C(c3ccccc3)=CC2C)=C1.[Cl-].[Cl-]. The first-order valence-electron chi connectivity index (χ1n) is 7.28. The van der Waals surface area contributed by atoms with Gasteiger partial charge in [0.25, 0.3) is 0 Å². The van der Waals surface area contributed by atoms with Crippen molar-refractivity contribution in [3.8, 4) is 0 Å². The minimum absolute atomic E-state index is 0. The van der Waals surface area contributed by atoms with Gasteiger partial charge in [-0.2, -0.15) is 0 Å². The van der Waals surface area contributed by atoms with Gasteiger partial charge in [-0.1, -0.05) is 0 Å². The molecule has 1 atom stereocenters. The molecule has 0 aliphatic heterocycles. The van der Waals surface area contributed by atoms with E-state index in [2.05, 4.69) is 69.3 Å². The summed E-state index contributed by atoms with van der Waals surface area (Å²) >= 11 is -0.575. The van der Waals surface area contributed by atoms with Gasteiger partial charge >= 0.3 is 134 Å². The van der Waals surface area contributed by atoms with Crippen molar-refractivity contribution < 1.29 is 48.0 Å². The van der Waals surface area contributed by atoms with E-state index < -0.39 is 23.2 Å². The Balaban J connectivity index is 0.00000121. The molecule has 0 bridgehead atoms. The zero-order chi connectivity index (χ0) is 14.1. The molecule has 0 fully saturated rings. The molecule has 0 radical (unpaired) electrons. The van der Waals surface area contributed by atoms with E-state index >= 15 is 0 Å². The van der Waals surface area contributed by atoms with Crippen molar-refractivity contribution in [3.63, 3.8) is 0 Å². The first-order chi connectivity index (χ1) is 9.65. The van der Waals surface area contributed by atoms with Crippen molar-refractivity contribution in [2.75, 3.05) is 0 Å². The van der Waals surface area contributed by atoms with E-state index in [0.29, 0.717) is 5.92 Å². The Labute approximate surface area is 157 Å². The van der Waals surface area contributed by atoms with Gasteiger partial charge in [0, 0.05) is 0 Å². The van der Waals surface area contributed by atoms with Gasteiger partial charge < -0.3 is 24.8 Å². The van der Waals surface area contributed by atoms with Crippen LogP contribution in [0.2, 0.25) is 0 Å². The van der Waals surface area contributed by atoms with Gasteiger partial charge in [-0.05, 0) is 0 Å². The second-order valence-electron chi connectivity index (χ2n) is 5.72. The molecule has 114 valence electrons. The number of hydrogen-bond acceptors (Lipinski definition) is 0. The Hall–Kier alpha value is -0.357. The predicted octanol–water partition coefficient (Wildman–Crippen LogP) is -0.682. The summed E-state index contributed by atoms with van der Waals surface area (Å²) in [6.07, 6.45) is 8.48. The average Bonchev–Trinajstić information content (AvgIpc) is 2.98. The summed E-state index contributed by atoms with van der Waals surface area (Å²) in [6.45, 7) is 6.92. The fourth-order valence-corrected chi connectivity index (χ4v) is 6.65. The molecule has 0 heterocycles. The second kappa shape index (κ2) is 8.48. The molecular weight excluding hydrogens is 390 g/mol. The van der Waals surface area contributed by atoms with E-state index in [0.717, 1.165) is 0 Å². The van der Waals surface area contributed by atoms with Crippen molar-refractivity contribution in [3.05, 3.63) is 71.8 Å². The van der Waals surface area contributed by atoms with Crippen LogP contribution in [0.5, 0.6) is 0 Å². The summed E-state index contributed by atoms with van der Waals surface area (Å²) in [5.74, 6) is 0.638. The van der Waals surface area contributed by atoms with Crippen LogP contribution < -0.4 is 24.8 Å². The van der Waals surface area contributed by atoms with E-state index in [-0.39, 0.29) is 24.8 Å². The number of rotatable bonds is 3. The van der Waals surface area contributed by atoms with Crippen molar-refractivity contribution in [1.29, 1.82) is 0 Å². The number of halogens is 2. The molecule has 2 aliphatic rings. The third-order valence-corrected chi connectivity index (χ3v) is 8.45. The maximum atomic E-state index is 2.47. The standard InChI is InChI=1S/C13H13.C6H7.2ClH.Zr/c1-10-8-11(2)13(9-10)12-6-4-3-5-7-12;1-6-4-2-3-5-6;;;/h3-7,9-10H,1-2H3;4-5H,2H2,1H3;2*1H;/q;;;;+2/p-2. The van der Waals surface area contributed by atoms with Crippen LogP contribution in [0.3, 0.4) is 0 Å². The van der Waals surface area contributed by atoms with Crippen LogP contribution in [0.25, 0.3) is 5.57 Å². The summed E-state index contributed by atoms with van der Waals surface area (Å²) in [5.41, 5.74) is 5.86. The van der Waals surface area contributed by atoms with Gasteiger partial charge in [-0.3, -0.25) is 0 Å². The Morgan fingerprint density at radius 1 is 1.05 bits per heavy atom. The van der Waals surface area contributed by atoms with E-state index in [4.69, 9.17) is 0 Å². The molecule has 0 aromatic heterocycles. The van der Waals surface area contributed by atoms with Gasteiger partial charge in [0.1, 0.15) is 0 Å². The largest absolute Gasteiger partial charge is 1.00 e. The van der Waals surface area contributed by atoms with Crippen LogP contribution in [0.1, 0.15) is 32.8 Å². The smallest absolute Gasteiger partial charge is 1.00 e. The molecule has 0 amide bonds. The van der Waals surface area contributed by atoms with E-state index in [1.165, 1.54) is 23.1 Å². The first kappa shape index (κ1) is 19.7.